The maximum absolute atomic E-state index is 13.6. The Morgan fingerprint density at radius 3 is 2.34 bits per heavy atom. The van der Waals surface area contributed by atoms with Gasteiger partial charge in [-0.25, -0.2) is 8.42 Å². The quantitative estimate of drug-likeness (QED) is 0.558. The Balaban J connectivity index is 1.36. The van der Waals surface area contributed by atoms with E-state index in [4.69, 9.17) is 0 Å². The minimum Gasteiger partial charge on any atom is -0.343 e. The van der Waals surface area contributed by atoms with Crippen molar-refractivity contribution in [2.45, 2.75) is 12.5 Å². The zero-order chi connectivity index (χ0) is 22.3. The fourth-order valence-corrected chi connectivity index (χ4v) is 7.00. The number of carbonyl (C=O) groups is 1. The van der Waals surface area contributed by atoms with E-state index in [1.807, 2.05) is 43.4 Å². The molecule has 3 heterocycles. The molecule has 0 aliphatic carbocycles. The van der Waals surface area contributed by atoms with Crippen molar-refractivity contribution >= 4 is 26.5 Å². The van der Waals surface area contributed by atoms with Gasteiger partial charge in [0.2, 0.25) is 0 Å². The summed E-state index contributed by atoms with van der Waals surface area (Å²) in [6.07, 6.45) is 0.734. The Labute approximate surface area is 189 Å². The summed E-state index contributed by atoms with van der Waals surface area (Å²) < 4.78 is 25.8. The van der Waals surface area contributed by atoms with E-state index in [2.05, 4.69) is 32.6 Å². The van der Waals surface area contributed by atoms with E-state index in [0.29, 0.717) is 12.3 Å². The number of piperazine rings is 1. The zero-order valence-corrected chi connectivity index (χ0v) is 19.2. The van der Waals surface area contributed by atoms with E-state index in [1.165, 1.54) is 0 Å². The first-order valence-electron chi connectivity index (χ1n) is 11.3. The Bertz CT molecular complexity index is 1240. The third kappa shape index (κ3) is 4.00. The number of hydrogen-bond donors (Lipinski definition) is 0. The van der Waals surface area contributed by atoms with Gasteiger partial charge in [-0.2, -0.15) is 0 Å². The normalized spacial score (nSPS) is 21.8. The van der Waals surface area contributed by atoms with Crippen molar-refractivity contribution in [2.75, 3.05) is 44.2 Å². The molecular weight excluding hydrogens is 422 g/mol. The lowest BCUT2D eigenvalue weighted by Crippen LogP contribution is -2.51. The lowest BCUT2D eigenvalue weighted by molar-refractivity contribution is 0.0798. The van der Waals surface area contributed by atoms with Gasteiger partial charge in [-0.1, -0.05) is 48.5 Å². The highest BCUT2D eigenvalue weighted by Gasteiger charge is 2.34. The average molecular weight is 452 g/mol. The van der Waals surface area contributed by atoms with Gasteiger partial charge in [0.05, 0.1) is 29.3 Å². The molecule has 1 unspecified atom stereocenters. The number of carbonyl (C=O) groups excluding carboxylic acids is 1. The maximum atomic E-state index is 13.6. The van der Waals surface area contributed by atoms with Gasteiger partial charge in [0.1, 0.15) is 0 Å². The number of sulfone groups is 1. The molecule has 168 valence electrons. The number of benzene rings is 2. The third-order valence-corrected chi connectivity index (χ3v) is 8.68. The smallest absolute Gasteiger partial charge is 0.179 e. The molecule has 32 heavy (non-hydrogen) atoms. The van der Waals surface area contributed by atoms with Crippen molar-refractivity contribution < 1.29 is 13.2 Å². The van der Waals surface area contributed by atoms with Crippen LogP contribution < -0.4 is 0 Å². The molecule has 1 atom stereocenters. The first kappa shape index (κ1) is 21.4. The highest BCUT2D eigenvalue weighted by Crippen LogP contribution is 2.33. The molecule has 2 aliphatic heterocycles. The molecular formula is C25H29N3O3S. The molecule has 0 radical (unpaired) electrons. The monoisotopic (exact) mass is 451 g/mol. The minimum atomic E-state index is -2.87. The second-order valence-electron chi connectivity index (χ2n) is 8.96. The third-order valence-electron chi connectivity index (χ3n) is 6.93. The SMILES string of the molecule is Cn1c(-c2ccccc2)c(C(=O)CN2CCN(C3CCS(=O)(=O)C3)CC2)c2ccccc21. The Kier molecular flexibility index (Phi) is 5.65. The Morgan fingerprint density at radius 1 is 0.969 bits per heavy atom. The summed E-state index contributed by atoms with van der Waals surface area (Å²) in [7, 11) is -0.851. The first-order chi connectivity index (χ1) is 15.4. The molecule has 3 aromatic rings. The van der Waals surface area contributed by atoms with Crippen molar-refractivity contribution in [3.05, 3.63) is 60.2 Å². The lowest BCUT2D eigenvalue weighted by atomic mass is 10.0. The topological polar surface area (TPSA) is 62.6 Å². The largest absolute Gasteiger partial charge is 0.343 e. The van der Waals surface area contributed by atoms with E-state index in [0.717, 1.165) is 60.3 Å². The molecule has 0 saturated carbocycles. The van der Waals surface area contributed by atoms with Gasteiger partial charge in [0, 0.05) is 50.2 Å². The number of hydrogen-bond acceptors (Lipinski definition) is 5. The molecule has 0 amide bonds. The van der Waals surface area contributed by atoms with Crippen LogP contribution >= 0.6 is 0 Å². The number of fused-ring (bicyclic) bond motifs is 1. The van der Waals surface area contributed by atoms with Gasteiger partial charge < -0.3 is 4.57 Å². The van der Waals surface area contributed by atoms with Crippen LogP contribution in [0.3, 0.4) is 0 Å². The molecule has 0 bridgehead atoms. The molecule has 2 saturated heterocycles. The van der Waals surface area contributed by atoms with E-state index in [9.17, 15) is 13.2 Å². The highest BCUT2D eigenvalue weighted by atomic mass is 32.2. The molecule has 2 fully saturated rings. The zero-order valence-electron chi connectivity index (χ0n) is 18.4. The summed E-state index contributed by atoms with van der Waals surface area (Å²) >= 11 is 0. The van der Waals surface area contributed by atoms with Crippen LogP contribution in [0.1, 0.15) is 16.8 Å². The molecule has 7 heteroatoms. The van der Waals surface area contributed by atoms with Gasteiger partial charge in [-0.15, -0.1) is 0 Å². The van der Waals surface area contributed by atoms with Gasteiger partial charge in [-0.05, 0) is 18.1 Å². The van der Waals surface area contributed by atoms with Gasteiger partial charge in [-0.3, -0.25) is 14.6 Å². The number of para-hydroxylation sites is 1. The summed E-state index contributed by atoms with van der Waals surface area (Å²) in [6, 6.07) is 18.3. The first-order valence-corrected chi connectivity index (χ1v) is 13.1. The summed E-state index contributed by atoms with van der Waals surface area (Å²) in [6.45, 7) is 3.58. The van der Waals surface area contributed by atoms with Crippen molar-refractivity contribution in [1.82, 2.24) is 14.4 Å². The fraction of sp³-hybridized carbons (Fsp3) is 0.400. The standard InChI is InChI=1S/C25H29N3O3S/c1-26-22-10-6-5-9-21(22)24(25(26)19-7-3-2-4-8-19)23(29)17-27-12-14-28(15-13-27)20-11-16-32(30,31)18-20/h2-10,20H,11-18H2,1H3. The summed E-state index contributed by atoms with van der Waals surface area (Å²) in [5.74, 6) is 0.722. The maximum Gasteiger partial charge on any atom is 0.179 e. The fourth-order valence-electron chi connectivity index (χ4n) is 5.24. The van der Waals surface area contributed by atoms with Crippen molar-refractivity contribution in [1.29, 1.82) is 0 Å². The van der Waals surface area contributed by atoms with Crippen molar-refractivity contribution in [3.8, 4) is 11.3 Å². The van der Waals surface area contributed by atoms with Crippen LogP contribution in [0.5, 0.6) is 0 Å². The summed E-state index contributed by atoms with van der Waals surface area (Å²) in [5, 5.41) is 0.994. The van der Waals surface area contributed by atoms with E-state index < -0.39 is 9.84 Å². The van der Waals surface area contributed by atoms with Gasteiger partial charge >= 0.3 is 0 Å². The van der Waals surface area contributed by atoms with Crippen LogP contribution in [0.4, 0.5) is 0 Å². The molecule has 1 aromatic heterocycles. The number of ketones is 1. The van der Waals surface area contributed by atoms with Crippen LogP contribution in [0.2, 0.25) is 0 Å². The number of nitrogens with zero attached hydrogens (tertiary/aromatic N) is 3. The minimum absolute atomic E-state index is 0.137. The summed E-state index contributed by atoms with van der Waals surface area (Å²) in [4.78, 5) is 18.1. The molecule has 2 aromatic carbocycles. The molecule has 5 rings (SSSR count). The predicted molar refractivity (Wildman–Crippen MR) is 128 cm³/mol. The number of rotatable bonds is 5. The van der Waals surface area contributed by atoms with Crippen LogP contribution in [-0.2, 0) is 16.9 Å². The predicted octanol–water partition coefficient (Wildman–Crippen LogP) is 2.83. The molecule has 6 nitrogen and oxygen atoms in total. The van der Waals surface area contributed by atoms with E-state index in [1.54, 1.807) is 0 Å². The van der Waals surface area contributed by atoms with Gasteiger partial charge in [0.15, 0.2) is 15.6 Å². The van der Waals surface area contributed by atoms with Gasteiger partial charge in [0.25, 0.3) is 0 Å². The van der Waals surface area contributed by atoms with E-state index in [-0.39, 0.29) is 17.6 Å². The second-order valence-corrected chi connectivity index (χ2v) is 11.2. The lowest BCUT2D eigenvalue weighted by Gasteiger charge is -2.37. The number of Topliss-reactive ketones (excluding diaryl/α,β-unsaturated/α-hetero) is 1. The van der Waals surface area contributed by atoms with Crippen LogP contribution in [0.15, 0.2) is 54.6 Å². The van der Waals surface area contributed by atoms with Crippen LogP contribution in [0.25, 0.3) is 22.2 Å². The molecule has 0 N–H and O–H groups in total. The number of aryl methyl sites for hydroxylation is 1. The highest BCUT2D eigenvalue weighted by molar-refractivity contribution is 7.91. The number of aromatic nitrogens is 1. The average Bonchev–Trinajstić information content (AvgIpc) is 3.32. The van der Waals surface area contributed by atoms with E-state index >= 15 is 0 Å². The molecule has 0 spiro atoms. The second kappa shape index (κ2) is 8.46. The van der Waals surface area contributed by atoms with Crippen molar-refractivity contribution in [3.63, 3.8) is 0 Å². The Hall–Kier alpha value is -2.48. The van der Waals surface area contributed by atoms with Crippen LogP contribution in [0, 0.1) is 0 Å². The van der Waals surface area contributed by atoms with Crippen LogP contribution in [-0.4, -0.2) is 78.8 Å². The van der Waals surface area contributed by atoms with Crippen molar-refractivity contribution in [2.24, 2.45) is 7.05 Å². The summed E-state index contributed by atoms with van der Waals surface area (Å²) in [5.41, 5.74) is 3.86. The Morgan fingerprint density at radius 2 is 1.66 bits per heavy atom. The molecule has 2 aliphatic rings.